The molecule has 4 nitrogen and oxygen atoms in total. The molecule has 1 saturated carbocycles. The summed E-state index contributed by atoms with van der Waals surface area (Å²) in [5.74, 6) is 0. The fraction of sp³-hybridized carbons (Fsp3) is 0.533. The van der Waals surface area contributed by atoms with E-state index in [1.54, 1.807) is 0 Å². The van der Waals surface area contributed by atoms with Gasteiger partial charge in [-0.1, -0.05) is 37.8 Å². The third-order valence-electron chi connectivity index (χ3n) is 4.10. The van der Waals surface area contributed by atoms with Crippen LogP contribution in [0.1, 0.15) is 44.6 Å². The van der Waals surface area contributed by atoms with Gasteiger partial charge in [-0.2, -0.15) is 5.26 Å². The highest BCUT2D eigenvalue weighted by atomic mass is 35.5. The minimum atomic E-state index is -3.64. The number of hydrogen-bond donors (Lipinski definition) is 1. The van der Waals surface area contributed by atoms with E-state index in [2.05, 4.69) is 11.6 Å². The molecule has 1 fully saturated rings. The van der Waals surface area contributed by atoms with Crippen molar-refractivity contribution in [3.05, 3.63) is 28.8 Å². The molecule has 114 valence electrons. The molecule has 0 radical (unpaired) electrons. The second kappa shape index (κ2) is 6.35. The molecular weight excluding hydrogens is 308 g/mol. The predicted molar refractivity (Wildman–Crippen MR) is 82.5 cm³/mol. The Hall–Kier alpha value is -1.09. The lowest BCUT2D eigenvalue weighted by Gasteiger charge is -2.33. The fourth-order valence-electron chi connectivity index (χ4n) is 2.72. The largest absolute Gasteiger partial charge is 0.242 e. The van der Waals surface area contributed by atoms with Gasteiger partial charge in [0.05, 0.1) is 16.7 Å². The van der Waals surface area contributed by atoms with Gasteiger partial charge in [0, 0.05) is 6.54 Å². The molecule has 21 heavy (non-hydrogen) atoms. The van der Waals surface area contributed by atoms with Crippen molar-refractivity contribution in [1.82, 2.24) is 4.72 Å². The van der Waals surface area contributed by atoms with Gasteiger partial charge < -0.3 is 0 Å². The van der Waals surface area contributed by atoms with Crippen molar-refractivity contribution in [2.45, 2.75) is 43.9 Å². The van der Waals surface area contributed by atoms with Gasteiger partial charge in [-0.3, -0.25) is 0 Å². The number of nitrogens with one attached hydrogen (secondary N) is 1. The average molecular weight is 327 g/mol. The van der Waals surface area contributed by atoms with Crippen molar-refractivity contribution in [1.29, 1.82) is 5.26 Å². The lowest BCUT2D eigenvalue weighted by molar-refractivity contribution is 0.219. The number of sulfonamides is 1. The smallest absolute Gasteiger partial charge is 0.211 e. The lowest BCUT2D eigenvalue weighted by atomic mass is 9.76. The second-order valence-corrected chi connectivity index (χ2v) is 8.10. The Morgan fingerprint density at radius 3 is 2.57 bits per heavy atom. The van der Waals surface area contributed by atoms with E-state index in [1.165, 1.54) is 24.6 Å². The first kappa shape index (κ1) is 16.3. The third-order valence-corrected chi connectivity index (χ3v) is 5.98. The molecule has 1 aliphatic rings. The number of halogens is 1. The van der Waals surface area contributed by atoms with Crippen LogP contribution in [0.5, 0.6) is 0 Å². The minimum Gasteiger partial charge on any atom is -0.211 e. The summed E-state index contributed by atoms with van der Waals surface area (Å²) in [5.41, 5.74) is 0.364. The van der Waals surface area contributed by atoms with Crippen LogP contribution in [-0.2, 0) is 10.0 Å². The summed E-state index contributed by atoms with van der Waals surface area (Å²) in [5, 5.41) is 8.87. The van der Waals surface area contributed by atoms with E-state index < -0.39 is 10.0 Å². The zero-order valence-electron chi connectivity index (χ0n) is 12.0. The number of benzene rings is 1. The first-order valence-electron chi connectivity index (χ1n) is 7.06. The van der Waals surface area contributed by atoms with Crippen molar-refractivity contribution in [2.75, 3.05) is 6.54 Å². The summed E-state index contributed by atoms with van der Waals surface area (Å²) >= 11 is 5.98. The van der Waals surface area contributed by atoms with Crippen molar-refractivity contribution in [3.8, 4) is 6.07 Å². The van der Waals surface area contributed by atoms with Gasteiger partial charge >= 0.3 is 0 Å². The standard InChI is InChI=1S/C15H19ClN2O2S/c1-15(7-3-2-4-8-15)11-18-21(19,20)14-6-5-12(10-17)9-13(14)16/h5-6,9,18H,2-4,7-8,11H2,1H3. The summed E-state index contributed by atoms with van der Waals surface area (Å²) < 4.78 is 27.4. The average Bonchev–Trinajstić information content (AvgIpc) is 2.46. The van der Waals surface area contributed by atoms with E-state index in [-0.39, 0.29) is 15.3 Å². The normalized spacial score (nSPS) is 18.1. The van der Waals surface area contributed by atoms with Gasteiger partial charge in [-0.15, -0.1) is 0 Å². The monoisotopic (exact) mass is 326 g/mol. The highest BCUT2D eigenvalue weighted by Crippen LogP contribution is 2.35. The molecule has 0 aliphatic heterocycles. The minimum absolute atomic E-state index is 0.0182. The maximum absolute atomic E-state index is 12.4. The zero-order valence-corrected chi connectivity index (χ0v) is 13.6. The summed E-state index contributed by atoms with van der Waals surface area (Å²) in [6.07, 6.45) is 5.60. The van der Waals surface area contributed by atoms with Crippen LogP contribution in [0.4, 0.5) is 0 Å². The van der Waals surface area contributed by atoms with E-state index in [9.17, 15) is 8.42 Å². The van der Waals surface area contributed by atoms with Crippen LogP contribution in [0, 0.1) is 16.7 Å². The second-order valence-electron chi connectivity index (χ2n) is 5.95. The van der Waals surface area contributed by atoms with E-state index >= 15 is 0 Å². The van der Waals surface area contributed by atoms with Gasteiger partial charge in [0.25, 0.3) is 0 Å². The van der Waals surface area contributed by atoms with Crippen LogP contribution < -0.4 is 4.72 Å². The number of hydrogen-bond acceptors (Lipinski definition) is 3. The number of rotatable bonds is 4. The quantitative estimate of drug-likeness (QED) is 0.921. The summed E-state index contributed by atoms with van der Waals surface area (Å²) in [6, 6.07) is 6.15. The van der Waals surface area contributed by atoms with Crippen molar-refractivity contribution in [3.63, 3.8) is 0 Å². The van der Waals surface area contributed by atoms with Gasteiger partial charge in [-0.05, 0) is 36.5 Å². The molecule has 1 N–H and O–H groups in total. The van der Waals surface area contributed by atoms with Gasteiger partial charge in [0.1, 0.15) is 4.90 Å². The maximum Gasteiger partial charge on any atom is 0.242 e. The summed E-state index contributed by atoms with van der Waals surface area (Å²) in [6.45, 7) is 2.54. The van der Waals surface area contributed by atoms with Gasteiger partial charge in [-0.25, -0.2) is 13.1 Å². The highest BCUT2D eigenvalue weighted by molar-refractivity contribution is 7.89. The van der Waals surface area contributed by atoms with E-state index in [1.807, 2.05) is 6.07 Å². The molecule has 0 aromatic heterocycles. The molecule has 0 unspecified atom stereocenters. The van der Waals surface area contributed by atoms with Crippen LogP contribution in [-0.4, -0.2) is 15.0 Å². The van der Waals surface area contributed by atoms with E-state index in [0.29, 0.717) is 12.1 Å². The van der Waals surface area contributed by atoms with Crippen LogP contribution in [0.25, 0.3) is 0 Å². The topological polar surface area (TPSA) is 70.0 Å². The van der Waals surface area contributed by atoms with Gasteiger partial charge in [0.2, 0.25) is 10.0 Å². The van der Waals surface area contributed by atoms with Crippen LogP contribution >= 0.6 is 11.6 Å². The van der Waals surface area contributed by atoms with Crippen LogP contribution in [0.2, 0.25) is 5.02 Å². The lowest BCUT2D eigenvalue weighted by Crippen LogP contribution is -2.37. The molecule has 1 aromatic rings. The Morgan fingerprint density at radius 2 is 2.00 bits per heavy atom. The number of nitriles is 1. The molecule has 6 heteroatoms. The molecule has 0 amide bonds. The van der Waals surface area contributed by atoms with Crippen LogP contribution in [0.3, 0.4) is 0 Å². The third kappa shape index (κ3) is 3.97. The van der Waals surface area contributed by atoms with Crippen molar-refractivity contribution in [2.24, 2.45) is 5.41 Å². The van der Waals surface area contributed by atoms with Crippen LogP contribution in [0.15, 0.2) is 23.1 Å². The van der Waals surface area contributed by atoms with E-state index in [0.717, 1.165) is 25.7 Å². The molecule has 1 aromatic carbocycles. The van der Waals surface area contributed by atoms with Crippen molar-refractivity contribution < 1.29 is 8.42 Å². The molecule has 0 heterocycles. The summed E-state index contributed by atoms with van der Waals surface area (Å²) in [7, 11) is -3.64. The Balaban J connectivity index is 2.13. The number of nitrogens with zero attached hydrogens (tertiary/aromatic N) is 1. The fourth-order valence-corrected chi connectivity index (χ4v) is 4.46. The molecule has 0 spiro atoms. The first-order chi connectivity index (χ1) is 9.86. The van der Waals surface area contributed by atoms with Crippen molar-refractivity contribution >= 4 is 21.6 Å². The maximum atomic E-state index is 12.4. The molecule has 0 atom stereocenters. The molecule has 1 aliphatic carbocycles. The Bertz CT molecular complexity index is 659. The zero-order chi connectivity index (χ0) is 15.5. The Morgan fingerprint density at radius 1 is 1.33 bits per heavy atom. The Kier molecular flexibility index (Phi) is 4.92. The molecule has 2 rings (SSSR count). The highest BCUT2D eigenvalue weighted by Gasteiger charge is 2.29. The molecule has 0 bridgehead atoms. The van der Waals surface area contributed by atoms with E-state index in [4.69, 9.17) is 16.9 Å². The summed E-state index contributed by atoms with van der Waals surface area (Å²) in [4.78, 5) is 0.0302. The first-order valence-corrected chi connectivity index (χ1v) is 8.92. The van der Waals surface area contributed by atoms with Gasteiger partial charge in [0.15, 0.2) is 0 Å². The predicted octanol–water partition coefficient (Wildman–Crippen LogP) is 3.46. The molecule has 0 saturated heterocycles. The molecular formula is C15H19ClN2O2S. The Labute approximate surface area is 131 Å². The SMILES string of the molecule is CC1(CNS(=O)(=O)c2ccc(C#N)cc2Cl)CCCCC1.